The number of ether oxygens (including phenoxy) is 2. The van der Waals surface area contributed by atoms with E-state index in [9.17, 15) is 0 Å². The van der Waals surface area contributed by atoms with Crippen LogP contribution < -0.4 is 0 Å². The summed E-state index contributed by atoms with van der Waals surface area (Å²) in [6.07, 6.45) is 1.09. The maximum atomic E-state index is 5.77. The Bertz CT molecular complexity index is 164. The smallest absolute Gasteiger partial charge is 0.0983 e. The molecule has 0 radical (unpaired) electrons. The summed E-state index contributed by atoms with van der Waals surface area (Å²) in [5, 5.41) is 0. The van der Waals surface area contributed by atoms with Crippen molar-refractivity contribution in [2.75, 3.05) is 20.8 Å². The van der Waals surface area contributed by atoms with E-state index in [0.717, 1.165) is 6.42 Å². The molecule has 0 heterocycles. The second-order valence-electron chi connectivity index (χ2n) is 4.92. The summed E-state index contributed by atoms with van der Waals surface area (Å²) >= 11 is 0. The van der Waals surface area contributed by atoms with Crippen LogP contribution >= 0.6 is 0 Å². The minimum absolute atomic E-state index is 0.131. The van der Waals surface area contributed by atoms with Gasteiger partial charge in [0.15, 0.2) is 0 Å². The molecule has 0 aliphatic heterocycles. The van der Waals surface area contributed by atoms with Gasteiger partial charge in [-0.25, -0.2) is 0 Å². The van der Waals surface area contributed by atoms with Crippen LogP contribution in [0.5, 0.6) is 0 Å². The first-order valence-electron chi connectivity index (χ1n) is 5.42. The van der Waals surface area contributed by atoms with Gasteiger partial charge in [0.05, 0.1) is 12.2 Å². The van der Waals surface area contributed by atoms with Gasteiger partial charge in [0.25, 0.3) is 0 Å². The van der Waals surface area contributed by atoms with Gasteiger partial charge < -0.3 is 9.47 Å². The minimum atomic E-state index is -0.184. The average molecular weight is 202 g/mol. The van der Waals surface area contributed by atoms with Crippen molar-refractivity contribution < 1.29 is 9.47 Å². The van der Waals surface area contributed by atoms with Gasteiger partial charge in [-0.1, -0.05) is 34.6 Å². The van der Waals surface area contributed by atoms with Crippen LogP contribution in [-0.4, -0.2) is 26.4 Å². The van der Waals surface area contributed by atoms with Gasteiger partial charge in [0.1, 0.15) is 0 Å². The van der Waals surface area contributed by atoms with E-state index >= 15 is 0 Å². The lowest BCUT2D eigenvalue weighted by Gasteiger charge is -2.48. The van der Waals surface area contributed by atoms with Crippen molar-refractivity contribution in [3.63, 3.8) is 0 Å². The highest BCUT2D eigenvalue weighted by molar-refractivity contribution is 4.96. The highest BCUT2D eigenvalue weighted by atomic mass is 16.5. The molecule has 0 aromatic carbocycles. The Morgan fingerprint density at radius 1 is 1.14 bits per heavy atom. The molecule has 0 aliphatic rings. The van der Waals surface area contributed by atoms with Crippen molar-refractivity contribution in [3.8, 4) is 0 Å². The van der Waals surface area contributed by atoms with Crippen LogP contribution in [0, 0.1) is 11.3 Å². The van der Waals surface area contributed by atoms with Crippen LogP contribution in [0.15, 0.2) is 0 Å². The van der Waals surface area contributed by atoms with E-state index in [-0.39, 0.29) is 11.0 Å². The first kappa shape index (κ1) is 13.9. The number of hydrogen-bond donors (Lipinski definition) is 0. The lowest BCUT2D eigenvalue weighted by molar-refractivity contribution is -0.165. The molecule has 0 saturated carbocycles. The highest BCUT2D eigenvalue weighted by Gasteiger charge is 2.46. The van der Waals surface area contributed by atoms with Gasteiger partial charge >= 0.3 is 0 Å². The number of hydrogen-bond acceptors (Lipinski definition) is 2. The Balaban J connectivity index is 5.02. The van der Waals surface area contributed by atoms with Crippen LogP contribution in [0.2, 0.25) is 0 Å². The van der Waals surface area contributed by atoms with E-state index < -0.39 is 0 Å². The summed E-state index contributed by atoms with van der Waals surface area (Å²) in [7, 11) is 3.53. The van der Waals surface area contributed by atoms with E-state index in [4.69, 9.17) is 9.47 Å². The van der Waals surface area contributed by atoms with Crippen molar-refractivity contribution in [2.24, 2.45) is 11.3 Å². The molecule has 0 aromatic heterocycles. The normalized spacial score (nSPS) is 17.1. The quantitative estimate of drug-likeness (QED) is 0.659. The molecular weight excluding hydrogens is 176 g/mol. The fraction of sp³-hybridized carbons (Fsp3) is 1.00. The van der Waals surface area contributed by atoms with Gasteiger partial charge in [0, 0.05) is 14.2 Å². The average Bonchev–Trinajstić information content (AvgIpc) is 2.13. The lowest BCUT2D eigenvalue weighted by Crippen LogP contribution is -2.53. The molecule has 1 atom stereocenters. The van der Waals surface area contributed by atoms with Gasteiger partial charge in [-0.15, -0.1) is 0 Å². The van der Waals surface area contributed by atoms with Crippen LogP contribution in [0.3, 0.4) is 0 Å². The van der Waals surface area contributed by atoms with Crippen LogP contribution in [0.25, 0.3) is 0 Å². The molecule has 0 amide bonds. The van der Waals surface area contributed by atoms with E-state index in [0.29, 0.717) is 12.5 Å². The molecule has 0 rings (SSSR count). The second kappa shape index (κ2) is 5.13. The third kappa shape index (κ3) is 2.29. The van der Waals surface area contributed by atoms with Crippen LogP contribution in [0.1, 0.15) is 41.0 Å². The van der Waals surface area contributed by atoms with Crippen LogP contribution in [-0.2, 0) is 9.47 Å². The molecule has 0 spiro atoms. The molecule has 0 saturated heterocycles. The van der Waals surface area contributed by atoms with Crippen molar-refractivity contribution >= 4 is 0 Å². The Morgan fingerprint density at radius 2 is 1.64 bits per heavy atom. The van der Waals surface area contributed by atoms with Crippen molar-refractivity contribution in [2.45, 2.75) is 46.6 Å². The molecule has 0 bridgehead atoms. The molecule has 86 valence electrons. The van der Waals surface area contributed by atoms with Crippen molar-refractivity contribution in [3.05, 3.63) is 0 Å². The lowest BCUT2D eigenvalue weighted by atomic mass is 9.67. The summed E-state index contributed by atoms with van der Waals surface area (Å²) in [5.74, 6) is 0.447. The van der Waals surface area contributed by atoms with Gasteiger partial charge in [-0.3, -0.25) is 0 Å². The Hall–Kier alpha value is -0.0800. The topological polar surface area (TPSA) is 18.5 Å². The van der Waals surface area contributed by atoms with Crippen LogP contribution in [0.4, 0.5) is 0 Å². The summed E-state index contributed by atoms with van der Waals surface area (Å²) in [6.45, 7) is 11.7. The monoisotopic (exact) mass is 202 g/mol. The van der Waals surface area contributed by atoms with E-state index in [2.05, 4.69) is 34.6 Å². The highest BCUT2D eigenvalue weighted by Crippen LogP contribution is 2.42. The molecule has 0 N–H and O–H groups in total. The molecule has 0 fully saturated rings. The first-order valence-corrected chi connectivity index (χ1v) is 5.42. The Kier molecular flexibility index (Phi) is 5.10. The van der Waals surface area contributed by atoms with Crippen molar-refractivity contribution in [1.29, 1.82) is 0 Å². The maximum Gasteiger partial charge on any atom is 0.0983 e. The molecule has 1 unspecified atom stereocenters. The third-order valence-corrected chi connectivity index (χ3v) is 3.69. The number of rotatable bonds is 6. The number of methoxy groups -OCH3 is 2. The van der Waals surface area contributed by atoms with E-state index in [1.807, 2.05) is 0 Å². The Labute approximate surface area is 89.0 Å². The molecular formula is C12H26O2. The predicted molar refractivity (Wildman–Crippen MR) is 60.5 cm³/mol. The van der Waals surface area contributed by atoms with E-state index in [1.54, 1.807) is 14.2 Å². The first-order chi connectivity index (χ1) is 6.38. The second-order valence-corrected chi connectivity index (χ2v) is 4.92. The fourth-order valence-electron chi connectivity index (χ4n) is 2.23. The summed E-state index contributed by atoms with van der Waals surface area (Å²) in [5.41, 5.74) is -0.0531. The zero-order valence-electron chi connectivity index (χ0n) is 10.8. The summed E-state index contributed by atoms with van der Waals surface area (Å²) in [4.78, 5) is 0. The van der Waals surface area contributed by atoms with E-state index in [1.165, 1.54) is 0 Å². The van der Waals surface area contributed by atoms with Gasteiger partial charge in [-0.2, -0.15) is 0 Å². The molecule has 0 aromatic rings. The minimum Gasteiger partial charge on any atom is -0.382 e. The standard InChI is InChI=1S/C12H26O2/c1-8-11(4,5)12(14-7,9-13-6)10(2)3/h10H,8-9H2,1-7H3. The maximum absolute atomic E-state index is 5.77. The molecule has 2 heteroatoms. The third-order valence-electron chi connectivity index (χ3n) is 3.69. The molecule has 2 nitrogen and oxygen atoms in total. The zero-order valence-corrected chi connectivity index (χ0v) is 10.8. The largest absolute Gasteiger partial charge is 0.382 e. The molecule has 14 heavy (non-hydrogen) atoms. The van der Waals surface area contributed by atoms with Gasteiger partial charge in [0.2, 0.25) is 0 Å². The summed E-state index contributed by atoms with van der Waals surface area (Å²) in [6, 6.07) is 0. The SMILES string of the molecule is CCC(C)(C)C(COC)(OC)C(C)C. The van der Waals surface area contributed by atoms with Gasteiger partial charge in [-0.05, 0) is 17.8 Å². The summed E-state index contributed by atoms with van der Waals surface area (Å²) < 4.78 is 11.1. The molecule has 0 aliphatic carbocycles. The van der Waals surface area contributed by atoms with Crippen molar-refractivity contribution in [1.82, 2.24) is 0 Å². The Morgan fingerprint density at radius 3 is 1.86 bits per heavy atom. The fourth-order valence-corrected chi connectivity index (χ4v) is 2.23. The predicted octanol–water partition coefficient (Wildman–Crippen LogP) is 3.11. The zero-order chi connectivity index (χ0) is 11.4.